The second kappa shape index (κ2) is 7.58. The van der Waals surface area contributed by atoms with Gasteiger partial charge in [0.05, 0.1) is 17.8 Å². The molecule has 2 fully saturated rings. The summed E-state index contributed by atoms with van der Waals surface area (Å²) in [6, 6.07) is 8.41. The van der Waals surface area contributed by atoms with E-state index in [1.807, 2.05) is 0 Å². The summed E-state index contributed by atoms with van der Waals surface area (Å²) in [6.07, 6.45) is 9.21. The quantitative estimate of drug-likeness (QED) is 0.638. The molecular weight excluding hydrogens is 398 g/mol. The second-order valence-electron chi connectivity index (χ2n) is 8.58. The molecule has 0 atom stereocenters. The fourth-order valence-corrected chi connectivity index (χ4v) is 5.32. The van der Waals surface area contributed by atoms with Gasteiger partial charge in [0.15, 0.2) is 0 Å². The van der Waals surface area contributed by atoms with Gasteiger partial charge < -0.3 is 14.4 Å². The summed E-state index contributed by atoms with van der Waals surface area (Å²) >= 11 is 6.01. The molecule has 0 bridgehead atoms. The predicted molar refractivity (Wildman–Crippen MR) is 118 cm³/mol. The van der Waals surface area contributed by atoms with Crippen LogP contribution < -0.4 is 4.90 Å². The van der Waals surface area contributed by atoms with Gasteiger partial charge in [-0.2, -0.15) is 0 Å². The molecule has 1 spiro atoms. The number of likely N-dealkylation sites (tertiary alicyclic amines) is 1. The number of hydrogen-bond acceptors (Lipinski definition) is 4. The van der Waals surface area contributed by atoms with Gasteiger partial charge >= 0.3 is 0 Å². The van der Waals surface area contributed by atoms with E-state index in [0.29, 0.717) is 17.6 Å². The van der Waals surface area contributed by atoms with E-state index in [9.17, 15) is 4.79 Å². The minimum Gasteiger partial charge on any atom is -0.355 e. The summed E-state index contributed by atoms with van der Waals surface area (Å²) in [6.45, 7) is 3.14. The number of carbonyl (C=O) groups is 1. The summed E-state index contributed by atoms with van der Waals surface area (Å²) in [5.74, 6) is 1.12. The summed E-state index contributed by atoms with van der Waals surface area (Å²) in [4.78, 5) is 26.4. The fourth-order valence-electron chi connectivity index (χ4n) is 5.17. The van der Waals surface area contributed by atoms with Crippen LogP contribution >= 0.6 is 11.6 Å². The lowest BCUT2D eigenvalue weighted by atomic mass is 9.71. The van der Waals surface area contributed by atoms with E-state index >= 15 is 0 Å². The highest BCUT2D eigenvalue weighted by atomic mass is 35.5. The van der Waals surface area contributed by atoms with E-state index < -0.39 is 0 Å². The molecule has 0 unspecified atom stereocenters. The molecule has 6 nitrogen and oxygen atoms in total. The van der Waals surface area contributed by atoms with Crippen molar-refractivity contribution in [3.63, 3.8) is 0 Å². The van der Waals surface area contributed by atoms with Gasteiger partial charge in [-0.15, -0.1) is 0 Å². The number of aryl methyl sites for hydroxylation is 1. The van der Waals surface area contributed by atoms with Crippen LogP contribution in [0.15, 0.2) is 42.9 Å². The van der Waals surface area contributed by atoms with Crippen LogP contribution in [0, 0.1) is 5.41 Å². The van der Waals surface area contributed by atoms with E-state index in [-0.39, 0.29) is 5.41 Å². The van der Waals surface area contributed by atoms with Crippen molar-refractivity contribution in [3.05, 3.63) is 53.6 Å². The Morgan fingerprint density at radius 2 is 1.90 bits per heavy atom. The van der Waals surface area contributed by atoms with Crippen LogP contribution in [0.25, 0.3) is 10.9 Å². The van der Waals surface area contributed by atoms with Crippen molar-refractivity contribution in [1.82, 2.24) is 19.4 Å². The Morgan fingerprint density at radius 3 is 2.70 bits per heavy atom. The third kappa shape index (κ3) is 3.33. The molecular formula is C23H26ClN5O. The molecule has 1 amide bonds. The first-order valence-corrected chi connectivity index (χ1v) is 11.0. The third-order valence-electron chi connectivity index (χ3n) is 6.80. The van der Waals surface area contributed by atoms with Crippen molar-refractivity contribution in [2.75, 3.05) is 24.5 Å². The first-order chi connectivity index (χ1) is 14.6. The number of carbonyl (C=O) groups excluding carboxylic acids is 1. The lowest BCUT2D eigenvalue weighted by Gasteiger charge is -2.46. The van der Waals surface area contributed by atoms with Gasteiger partial charge in [0.1, 0.15) is 11.0 Å². The first-order valence-electron chi connectivity index (χ1n) is 10.6. The Morgan fingerprint density at radius 1 is 1.10 bits per heavy atom. The van der Waals surface area contributed by atoms with Gasteiger partial charge in [0.2, 0.25) is 5.91 Å². The molecule has 0 radical (unpaired) electrons. The number of anilines is 1. The van der Waals surface area contributed by atoms with Crippen molar-refractivity contribution in [2.24, 2.45) is 12.5 Å². The summed E-state index contributed by atoms with van der Waals surface area (Å²) in [7, 11) is 2.07. The normalized spacial score (nSPS) is 19.1. The molecule has 5 rings (SSSR count). The number of hydrogen-bond donors (Lipinski definition) is 0. The molecule has 2 aliphatic heterocycles. The third-order valence-corrected chi connectivity index (χ3v) is 6.98. The van der Waals surface area contributed by atoms with Crippen LogP contribution in [0.3, 0.4) is 0 Å². The minimum absolute atomic E-state index is 0.245. The highest BCUT2D eigenvalue weighted by Crippen LogP contribution is 2.42. The maximum atomic E-state index is 13.6. The van der Waals surface area contributed by atoms with E-state index in [0.717, 1.165) is 51.1 Å². The molecule has 2 aromatic heterocycles. The van der Waals surface area contributed by atoms with Crippen molar-refractivity contribution in [2.45, 2.75) is 32.2 Å². The zero-order valence-corrected chi connectivity index (χ0v) is 18.0. The van der Waals surface area contributed by atoms with Gasteiger partial charge in [-0.3, -0.25) is 9.78 Å². The molecule has 2 aliphatic rings. The number of amides is 1. The Balaban J connectivity index is 1.32. The van der Waals surface area contributed by atoms with Gasteiger partial charge in [-0.1, -0.05) is 29.8 Å². The van der Waals surface area contributed by atoms with E-state index in [1.54, 1.807) is 12.4 Å². The highest BCUT2D eigenvalue weighted by Gasteiger charge is 2.45. The standard InChI is InChI=1S/C23H26ClN5O/c1-27-15-17(18-5-2-3-6-19(18)27)16-29-10-4-7-23(22(29)30)8-11-28(12-9-23)21-14-25-13-20(24)26-21/h2-3,5-6,13-15H,4,7-12,16H2,1H3. The Labute approximate surface area is 181 Å². The Bertz CT molecular complexity index is 1090. The van der Waals surface area contributed by atoms with Crippen LogP contribution in [0.4, 0.5) is 5.82 Å². The molecule has 1 aromatic carbocycles. The zero-order chi connectivity index (χ0) is 20.7. The minimum atomic E-state index is -0.245. The molecule has 3 aromatic rings. The Kier molecular flexibility index (Phi) is 4.89. The van der Waals surface area contributed by atoms with Crippen molar-refractivity contribution < 1.29 is 4.79 Å². The Hall–Kier alpha value is -2.60. The van der Waals surface area contributed by atoms with E-state index in [1.165, 1.54) is 16.5 Å². The van der Waals surface area contributed by atoms with Crippen LogP contribution in [-0.4, -0.2) is 45.0 Å². The second-order valence-corrected chi connectivity index (χ2v) is 8.97. The van der Waals surface area contributed by atoms with Crippen LogP contribution in [0.1, 0.15) is 31.2 Å². The first kappa shape index (κ1) is 19.4. The number of halogens is 1. The van der Waals surface area contributed by atoms with Gasteiger partial charge in [-0.05, 0) is 37.3 Å². The maximum Gasteiger partial charge on any atom is 0.229 e. The maximum absolute atomic E-state index is 13.6. The van der Waals surface area contributed by atoms with Gasteiger partial charge in [-0.25, -0.2) is 4.98 Å². The average molecular weight is 424 g/mol. The monoisotopic (exact) mass is 423 g/mol. The van der Waals surface area contributed by atoms with Crippen molar-refractivity contribution >= 4 is 34.2 Å². The topological polar surface area (TPSA) is 54.3 Å². The van der Waals surface area contributed by atoms with E-state index in [4.69, 9.17) is 11.6 Å². The number of rotatable bonds is 3. The molecule has 0 aliphatic carbocycles. The lowest BCUT2D eigenvalue weighted by molar-refractivity contribution is -0.148. The smallest absolute Gasteiger partial charge is 0.229 e. The summed E-state index contributed by atoms with van der Waals surface area (Å²) in [5.41, 5.74) is 2.19. The van der Waals surface area contributed by atoms with Gasteiger partial charge in [0, 0.05) is 50.3 Å². The fraction of sp³-hybridized carbons (Fsp3) is 0.435. The number of fused-ring (bicyclic) bond motifs is 1. The number of para-hydroxylation sites is 1. The number of piperidine rings is 2. The van der Waals surface area contributed by atoms with Crippen LogP contribution in [-0.2, 0) is 18.4 Å². The average Bonchev–Trinajstić information content (AvgIpc) is 3.08. The molecule has 0 saturated carbocycles. The summed E-state index contributed by atoms with van der Waals surface area (Å²) < 4.78 is 2.15. The number of aromatic nitrogens is 3. The van der Waals surface area contributed by atoms with Crippen LogP contribution in [0.5, 0.6) is 0 Å². The molecule has 7 heteroatoms. The molecule has 4 heterocycles. The number of nitrogens with zero attached hydrogens (tertiary/aromatic N) is 5. The largest absolute Gasteiger partial charge is 0.355 e. The lowest BCUT2D eigenvalue weighted by Crippen LogP contribution is -2.53. The SMILES string of the molecule is Cn1cc(CN2CCCC3(CCN(c4cncc(Cl)n4)CC3)C2=O)c2ccccc21. The molecule has 0 N–H and O–H groups in total. The van der Waals surface area contributed by atoms with Gasteiger partial charge in [0.25, 0.3) is 0 Å². The summed E-state index contributed by atoms with van der Waals surface area (Å²) in [5, 5.41) is 1.64. The predicted octanol–water partition coefficient (Wildman–Crippen LogP) is 4.03. The van der Waals surface area contributed by atoms with Crippen LogP contribution in [0.2, 0.25) is 5.15 Å². The molecule has 156 valence electrons. The molecule has 2 saturated heterocycles. The zero-order valence-electron chi connectivity index (χ0n) is 17.2. The van der Waals surface area contributed by atoms with Crippen molar-refractivity contribution in [3.8, 4) is 0 Å². The highest BCUT2D eigenvalue weighted by molar-refractivity contribution is 6.29. The number of benzene rings is 1. The molecule has 30 heavy (non-hydrogen) atoms. The van der Waals surface area contributed by atoms with Crippen molar-refractivity contribution in [1.29, 1.82) is 0 Å². The van der Waals surface area contributed by atoms with E-state index in [2.05, 4.69) is 61.8 Å².